The molecule has 0 saturated carbocycles. The van der Waals surface area contributed by atoms with Gasteiger partial charge in [-0.1, -0.05) is 12.1 Å². The van der Waals surface area contributed by atoms with Crippen LogP contribution in [0.3, 0.4) is 0 Å². The Balaban J connectivity index is 1.49. The number of amides is 1. The van der Waals surface area contributed by atoms with Crippen molar-refractivity contribution in [3.63, 3.8) is 0 Å². The number of hydrogen-bond donors (Lipinski definition) is 1. The Kier molecular flexibility index (Phi) is 6.49. The summed E-state index contributed by atoms with van der Waals surface area (Å²) < 4.78 is 28.9. The Morgan fingerprint density at radius 2 is 1.93 bits per heavy atom. The third kappa shape index (κ3) is 5.27. The van der Waals surface area contributed by atoms with Crippen molar-refractivity contribution in [2.45, 2.75) is 18.3 Å². The quantitative estimate of drug-likeness (QED) is 0.690. The molecule has 0 aliphatic carbocycles. The zero-order valence-electron chi connectivity index (χ0n) is 15.4. The van der Waals surface area contributed by atoms with Crippen molar-refractivity contribution in [3.05, 3.63) is 24.3 Å². The summed E-state index contributed by atoms with van der Waals surface area (Å²) in [6.45, 7) is 5.94. The second kappa shape index (κ2) is 8.67. The van der Waals surface area contributed by atoms with Crippen LogP contribution in [0.4, 0.5) is 5.69 Å². The predicted molar refractivity (Wildman–Crippen MR) is 106 cm³/mol. The van der Waals surface area contributed by atoms with Crippen LogP contribution in [0.1, 0.15) is 6.92 Å². The first-order chi connectivity index (χ1) is 12.9. The highest BCUT2D eigenvalue weighted by atomic mass is 35.5. The SMILES string of the molecule is CCOc1ccccc1N1CCN(CC(=O)N[C@H]2CS(=O)(=O)C[C@@H]2Cl)CC1. The molecule has 150 valence electrons. The lowest BCUT2D eigenvalue weighted by Crippen LogP contribution is -2.51. The molecule has 0 radical (unpaired) electrons. The van der Waals surface area contributed by atoms with Gasteiger partial charge in [-0.05, 0) is 19.1 Å². The summed E-state index contributed by atoms with van der Waals surface area (Å²) in [4.78, 5) is 16.6. The van der Waals surface area contributed by atoms with Gasteiger partial charge in [0.1, 0.15) is 5.75 Å². The molecule has 2 fully saturated rings. The lowest BCUT2D eigenvalue weighted by atomic mass is 10.2. The molecule has 2 saturated heterocycles. The van der Waals surface area contributed by atoms with Crippen LogP contribution in [0.25, 0.3) is 0 Å². The van der Waals surface area contributed by atoms with Crippen molar-refractivity contribution < 1.29 is 17.9 Å². The maximum Gasteiger partial charge on any atom is 0.234 e. The average molecular weight is 416 g/mol. The van der Waals surface area contributed by atoms with Gasteiger partial charge >= 0.3 is 0 Å². The van der Waals surface area contributed by atoms with Crippen LogP contribution >= 0.6 is 11.6 Å². The molecule has 9 heteroatoms. The fraction of sp³-hybridized carbons (Fsp3) is 0.611. The van der Waals surface area contributed by atoms with Crippen LogP contribution in [-0.2, 0) is 14.6 Å². The van der Waals surface area contributed by atoms with E-state index in [1.807, 2.05) is 25.1 Å². The summed E-state index contributed by atoms with van der Waals surface area (Å²) in [7, 11) is -3.15. The van der Waals surface area contributed by atoms with Crippen LogP contribution < -0.4 is 15.0 Å². The summed E-state index contributed by atoms with van der Waals surface area (Å²) in [5.41, 5.74) is 1.07. The van der Waals surface area contributed by atoms with E-state index in [2.05, 4.69) is 21.2 Å². The molecule has 1 aromatic carbocycles. The molecule has 27 heavy (non-hydrogen) atoms. The minimum absolute atomic E-state index is 0.0720. The van der Waals surface area contributed by atoms with Gasteiger partial charge in [0.05, 0.1) is 41.8 Å². The van der Waals surface area contributed by atoms with E-state index in [4.69, 9.17) is 16.3 Å². The van der Waals surface area contributed by atoms with E-state index in [0.717, 1.165) is 37.6 Å². The van der Waals surface area contributed by atoms with Crippen molar-refractivity contribution in [3.8, 4) is 5.75 Å². The molecule has 7 nitrogen and oxygen atoms in total. The Morgan fingerprint density at radius 1 is 1.22 bits per heavy atom. The van der Waals surface area contributed by atoms with Gasteiger partial charge in [0.2, 0.25) is 5.91 Å². The smallest absolute Gasteiger partial charge is 0.234 e. The highest BCUT2D eigenvalue weighted by Crippen LogP contribution is 2.28. The van der Waals surface area contributed by atoms with Crippen LogP contribution in [0.2, 0.25) is 0 Å². The van der Waals surface area contributed by atoms with Gasteiger partial charge in [0.25, 0.3) is 0 Å². The molecule has 3 rings (SSSR count). The number of carbonyl (C=O) groups excluding carboxylic acids is 1. The largest absolute Gasteiger partial charge is 0.492 e. The van der Waals surface area contributed by atoms with E-state index in [1.165, 1.54) is 0 Å². The molecule has 0 aromatic heterocycles. The Morgan fingerprint density at radius 3 is 2.56 bits per heavy atom. The van der Waals surface area contributed by atoms with E-state index in [0.29, 0.717) is 6.61 Å². The number of anilines is 1. The first-order valence-electron chi connectivity index (χ1n) is 9.21. The van der Waals surface area contributed by atoms with E-state index in [-0.39, 0.29) is 24.0 Å². The zero-order chi connectivity index (χ0) is 19.4. The lowest BCUT2D eigenvalue weighted by Gasteiger charge is -2.36. The van der Waals surface area contributed by atoms with Crippen molar-refractivity contribution in [2.24, 2.45) is 0 Å². The number of sulfone groups is 1. The second-order valence-electron chi connectivity index (χ2n) is 6.93. The van der Waals surface area contributed by atoms with E-state index in [9.17, 15) is 13.2 Å². The first kappa shape index (κ1) is 20.2. The van der Waals surface area contributed by atoms with Crippen LogP contribution in [-0.4, -0.2) is 81.5 Å². The minimum atomic E-state index is -3.15. The van der Waals surface area contributed by atoms with Gasteiger partial charge in [-0.3, -0.25) is 9.69 Å². The topological polar surface area (TPSA) is 79.0 Å². The van der Waals surface area contributed by atoms with Crippen LogP contribution in [0.15, 0.2) is 24.3 Å². The number of alkyl halides is 1. The highest BCUT2D eigenvalue weighted by molar-refractivity contribution is 7.91. The number of carbonyl (C=O) groups is 1. The molecule has 0 spiro atoms. The fourth-order valence-electron chi connectivity index (χ4n) is 3.54. The standard InChI is InChI=1S/C18H26ClN3O4S/c1-2-26-17-6-4-3-5-16(17)22-9-7-21(8-10-22)11-18(23)20-15-13-27(24,25)12-14(15)19/h3-6,14-15H,2,7-13H2,1H3,(H,20,23)/t14-,15-/m0/s1. The number of hydrogen-bond acceptors (Lipinski definition) is 6. The summed E-state index contributed by atoms with van der Waals surface area (Å²) in [5, 5.41) is 2.22. The second-order valence-corrected chi connectivity index (χ2v) is 9.65. The van der Waals surface area contributed by atoms with E-state index in [1.54, 1.807) is 0 Å². The predicted octanol–water partition coefficient (Wildman–Crippen LogP) is 0.728. The highest BCUT2D eigenvalue weighted by Gasteiger charge is 2.37. The van der Waals surface area contributed by atoms with Crippen molar-refractivity contribution in [1.29, 1.82) is 0 Å². The molecule has 0 unspecified atom stereocenters. The summed E-state index contributed by atoms with van der Waals surface area (Å²) in [6.07, 6.45) is 0. The molecule has 1 N–H and O–H groups in total. The molecule has 1 aromatic rings. The molecular formula is C18H26ClN3O4S. The van der Waals surface area contributed by atoms with Crippen molar-refractivity contribution in [1.82, 2.24) is 10.2 Å². The molecule has 0 bridgehead atoms. The molecule has 1 amide bonds. The summed E-state index contributed by atoms with van der Waals surface area (Å²) >= 11 is 6.05. The molecule has 2 aliphatic rings. The van der Waals surface area contributed by atoms with Crippen LogP contribution in [0.5, 0.6) is 5.75 Å². The minimum Gasteiger partial charge on any atom is -0.492 e. The van der Waals surface area contributed by atoms with Gasteiger partial charge in [-0.15, -0.1) is 11.6 Å². The van der Waals surface area contributed by atoms with Gasteiger partial charge in [-0.2, -0.15) is 0 Å². The third-order valence-electron chi connectivity index (χ3n) is 4.87. The molecule has 2 heterocycles. The van der Waals surface area contributed by atoms with Gasteiger partial charge < -0.3 is 15.0 Å². The van der Waals surface area contributed by atoms with Gasteiger partial charge in [0, 0.05) is 26.2 Å². The number of piperazine rings is 1. The molecule has 2 atom stereocenters. The summed E-state index contributed by atoms with van der Waals surface area (Å²) in [6, 6.07) is 7.48. The number of nitrogens with zero attached hydrogens (tertiary/aromatic N) is 2. The molecular weight excluding hydrogens is 390 g/mol. The Bertz CT molecular complexity index is 766. The fourth-order valence-corrected chi connectivity index (χ4v) is 6.09. The summed E-state index contributed by atoms with van der Waals surface area (Å²) in [5.74, 6) is 0.555. The normalized spacial score (nSPS) is 25.3. The van der Waals surface area contributed by atoms with E-state index < -0.39 is 21.3 Å². The maximum absolute atomic E-state index is 12.3. The Hall–Kier alpha value is -1.51. The number of benzene rings is 1. The number of para-hydroxylation sites is 2. The number of halogens is 1. The van der Waals surface area contributed by atoms with Gasteiger partial charge in [-0.25, -0.2) is 8.42 Å². The van der Waals surface area contributed by atoms with E-state index >= 15 is 0 Å². The van der Waals surface area contributed by atoms with Crippen molar-refractivity contribution in [2.75, 3.05) is 55.7 Å². The third-order valence-corrected chi connectivity index (χ3v) is 7.25. The average Bonchev–Trinajstić information content (AvgIpc) is 2.88. The van der Waals surface area contributed by atoms with Gasteiger partial charge in [0.15, 0.2) is 9.84 Å². The lowest BCUT2D eigenvalue weighted by molar-refractivity contribution is -0.122. The number of nitrogens with one attached hydrogen (secondary N) is 1. The van der Waals surface area contributed by atoms with Crippen LogP contribution in [0, 0.1) is 0 Å². The molecule has 2 aliphatic heterocycles. The van der Waals surface area contributed by atoms with Crippen molar-refractivity contribution >= 4 is 33.0 Å². The number of ether oxygens (including phenoxy) is 1. The Labute approximate surface area is 165 Å². The maximum atomic E-state index is 12.3. The zero-order valence-corrected chi connectivity index (χ0v) is 17.0. The monoisotopic (exact) mass is 415 g/mol. The number of rotatable bonds is 6. The first-order valence-corrected chi connectivity index (χ1v) is 11.5.